The zero-order chi connectivity index (χ0) is 18.9. The van der Waals surface area contributed by atoms with Crippen molar-refractivity contribution in [3.05, 3.63) is 64.7 Å². The Balaban J connectivity index is 2.15. The first-order valence-corrected chi connectivity index (χ1v) is 8.38. The summed E-state index contributed by atoms with van der Waals surface area (Å²) in [4.78, 5) is 24.2. The molecule has 2 N–H and O–H groups in total. The monoisotopic (exact) mass is 377 g/mol. The van der Waals surface area contributed by atoms with E-state index in [-0.39, 0.29) is 18.6 Å². The Morgan fingerprint density at radius 3 is 2.54 bits per heavy atom. The minimum absolute atomic E-state index is 0.169. The van der Waals surface area contributed by atoms with Gasteiger partial charge in [0.15, 0.2) is 0 Å². The third-order valence-corrected chi connectivity index (χ3v) is 3.85. The molecule has 7 heteroatoms. The molecule has 0 heterocycles. The summed E-state index contributed by atoms with van der Waals surface area (Å²) < 4.78 is 10.4. The molecule has 0 fully saturated rings. The number of benzene rings is 2. The standard InChI is InChI=1S/C19H20ClNO5/c1-25-9-10-26-17-8-7-14(20)12-15(17)18(22)21-16(19(23)24)11-13-5-3-2-4-6-13/h2-8,12,16H,9-11H2,1H3,(H,21,22)(H,23,24). The number of hydrogen-bond acceptors (Lipinski definition) is 4. The van der Waals surface area contributed by atoms with Crippen LogP contribution in [0.5, 0.6) is 5.75 Å². The summed E-state index contributed by atoms with van der Waals surface area (Å²) in [5.74, 6) is -1.37. The van der Waals surface area contributed by atoms with E-state index >= 15 is 0 Å². The van der Waals surface area contributed by atoms with E-state index in [1.807, 2.05) is 18.2 Å². The quantitative estimate of drug-likeness (QED) is 0.656. The third kappa shape index (κ3) is 5.75. The van der Waals surface area contributed by atoms with Gasteiger partial charge in [-0.05, 0) is 23.8 Å². The molecule has 2 aromatic rings. The smallest absolute Gasteiger partial charge is 0.326 e. The topological polar surface area (TPSA) is 84.9 Å². The van der Waals surface area contributed by atoms with E-state index in [9.17, 15) is 14.7 Å². The molecular weight excluding hydrogens is 358 g/mol. The van der Waals surface area contributed by atoms with Crippen LogP contribution in [0.1, 0.15) is 15.9 Å². The second-order valence-corrected chi connectivity index (χ2v) is 5.97. The number of carbonyl (C=O) groups is 2. The van der Waals surface area contributed by atoms with Gasteiger partial charge in [0.1, 0.15) is 18.4 Å². The fourth-order valence-corrected chi connectivity index (χ4v) is 2.50. The molecule has 0 aliphatic heterocycles. The van der Waals surface area contributed by atoms with Crippen LogP contribution in [0.15, 0.2) is 48.5 Å². The minimum atomic E-state index is -1.12. The second kappa shape index (κ2) is 9.79. The average molecular weight is 378 g/mol. The number of ether oxygens (including phenoxy) is 2. The van der Waals surface area contributed by atoms with E-state index in [1.165, 1.54) is 6.07 Å². The maximum absolute atomic E-state index is 12.6. The lowest BCUT2D eigenvalue weighted by Crippen LogP contribution is -2.42. The van der Waals surface area contributed by atoms with Crippen LogP contribution in [0.3, 0.4) is 0 Å². The van der Waals surface area contributed by atoms with Crippen molar-refractivity contribution in [3.8, 4) is 5.75 Å². The Hall–Kier alpha value is -2.57. The van der Waals surface area contributed by atoms with Crippen molar-refractivity contribution in [2.75, 3.05) is 20.3 Å². The fraction of sp³-hybridized carbons (Fsp3) is 0.263. The van der Waals surface area contributed by atoms with Crippen molar-refractivity contribution in [3.63, 3.8) is 0 Å². The number of hydrogen-bond donors (Lipinski definition) is 2. The molecule has 6 nitrogen and oxygen atoms in total. The van der Waals surface area contributed by atoms with E-state index in [0.29, 0.717) is 17.4 Å². The number of amides is 1. The van der Waals surface area contributed by atoms with Crippen molar-refractivity contribution in [2.24, 2.45) is 0 Å². The lowest BCUT2D eigenvalue weighted by Gasteiger charge is -2.17. The van der Waals surface area contributed by atoms with Gasteiger partial charge in [0.25, 0.3) is 5.91 Å². The lowest BCUT2D eigenvalue weighted by atomic mass is 10.1. The predicted octanol–water partition coefficient (Wildman–Crippen LogP) is 2.79. The van der Waals surface area contributed by atoms with Crippen LogP contribution in [-0.2, 0) is 16.0 Å². The first kappa shape index (κ1) is 19.8. The first-order valence-electron chi connectivity index (χ1n) is 8.00. The Bertz CT molecular complexity index is 751. The molecule has 0 saturated carbocycles. The predicted molar refractivity (Wildman–Crippen MR) is 97.9 cm³/mol. The van der Waals surface area contributed by atoms with Crippen molar-refractivity contribution < 1.29 is 24.2 Å². The van der Waals surface area contributed by atoms with Crippen LogP contribution in [-0.4, -0.2) is 43.3 Å². The maximum atomic E-state index is 12.6. The van der Waals surface area contributed by atoms with Crippen LogP contribution < -0.4 is 10.1 Å². The number of methoxy groups -OCH3 is 1. The molecule has 138 valence electrons. The molecule has 1 amide bonds. The number of nitrogens with one attached hydrogen (secondary N) is 1. The van der Waals surface area contributed by atoms with Gasteiger partial charge in [-0.1, -0.05) is 41.9 Å². The summed E-state index contributed by atoms with van der Waals surface area (Å²) in [5, 5.41) is 12.3. The van der Waals surface area contributed by atoms with Crippen LogP contribution in [0, 0.1) is 0 Å². The molecule has 26 heavy (non-hydrogen) atoms. The van der Waals surface area contributed by atoms with Gasteiger partial charge in [-0.15, -0.1) is 0 Å². The highest BCUT2D eigenvalue weighted by atomic mass is 35.5. The van der Waals surface area contributed by atoms with Crippen LogP contribution >= 0.6 is 11.6 Å². The number of carbonyl (C=O) groups excluding carboxylic acids is 1. The highest BCUT2D eigenvalue weighted by Gasteiger charge is 2.23. The highest BCUT2D eigenvalue weighted by Crippen LogP contribution is 2.23. The second-order valence-electron chi connectivity index (χ2n) is 5.54. The van der Waals surface area contributed by atoms with E-state index in [4.69, 9.17) is 21.1 Å². The summed E-state index contributed by atoms with van der Waals surface area (Å²) in [6.45, 7) is 0.611. The SMILES string of the molecule is COCCOc1ccc(Cl)cc1C(=O)NC(Cc1ccccc1)C(=O)O. The molecule has 1 unspecified atom stereocenters. The summed E-state index contributed by atoms with van der Waals surface area (Å²) >= 11 is 5.97. The normalized spacial score (nSPS) is 11.6. The summed E-state index contributed by atoms with van der Waals surface area (Å²) in [7, 11) is 1.54. The highest BCUT2D eigenvalue weighted by molar-refractivity contribution is 6.31. The zero-order valence-electron chi connectivity index (χ0n) is 14.3. The Labute approximate surface area is 156 Å². The maximum Gasteiger partial charge on any atom is 0.326 e. The van der Waals surface area contributed by atoms with Crippen molar-refractivity contribution >= 4 is 23.5 Å². The number of carboxylic acid groups (broad SMARTS) is 1. The Kier molecular flexibility index (Phi) is 7.44. The van der Waals surface area contributed by atoms with Crippen molar-refractivity contribution in [1.29, 1.82) is 0 Å². The van der Waals surface area contributed by atoms with Crippen LogP contribution in [0.25, 0.3) is 0 Å². The summed E-state index contributed by atoms with van der Waals surface area (Å²) in [6.07, 6.45) is 0.169. The Morgan fingerprint density at radius 1 is 1.15 bits per heavy atom. The van der Waals surface area contributed by atoms with Gasteiger partial charge in [-0.3, -0.25) is 4.79 Å². The summed E-state index contributed by atoms with van der Waals surface area (Å²) in [6, 6.07) is 12.6. The molecule has 2 rings (SSSR count). The van der Waals surface area contributed by atoms with Gasteiger partial charge in [-0.2, -0.15) is 0 Å². The summed E-state index contributed by atoms with van der Waals surface area (Å²) in [5.41, 5.74) is 0.982. The van der Waals surface area contributed by atoms with Crippen molar-refractivity contribution in [2.45, 2.75) is 12.5 Å². The molecule has 1 atom stereocenters. The number of carboxylic acids is 1. The molecule has 0 saturated heterocycles. The van der Waals surface area contributed by atoms with Gasteiger partial charge in [0, 0.05) is 18.6 Å². The van der Waals surface area contributed by atoms with Crippen molar-refractivity contribution in [1.82, 2.24) is 5.32 Å². The zero-order valence-corrected chi connectivity index (χ0v) is 15.0. The molecule has 0 spiro atoms. The van der Waals surface area contributed by atoms with Gasteiger partial charge in [0.2, 0.25) is 0 Å². The molecule has 0 radical (unpaired) electrons. The van der Waals surface area contributed by atoms with Gasteiger partial charge in [-0.25, -0.2) is 4.79 Å². The van der Waals surface area contributed by atoms with Gasteiger partial charge < -0.3 is 19.9 Å². The van der Waals surface area contributed by atoms with Crippen LogP contribution in [0.4, 0.5) is 0 Å². The number of aliphatic carboxylic acids is 1. The van der Waals surface area contributed by atoms with Crippen LogP contribution in [0.2, 0.25) is 5.02 Å². The van der Waals surface area contributed by atoms with E-state index in [0.717, 1.165) is 5.56 Å². The molecule has 0 aliphatic rings. The number of rotatable bonds is 9. The van der Waals surface area contributed by atoms with E-state index in [1.54, 1.807) is 31.4 Å². The molecule has 0 aliphatic carbocycles. The average Bonchev–Trinajstić information content (AvgIpc) is 2.63. The Morgan fingerprint density at radius 2 is 1.88 bits per heavy atom. The number of halogens is 1. The molecule has 2 aromatic carbocycles. The molecule has 0 bridgehead atoms. The van der Waals surface area contributed by atoms with Gasteiger partial charge in [0.05, 0.1) is 12.2 Å². The van der Waals surface area contributed by atoms with E-state index in [2.05, 4.69) is 5.32 Å². The molecule has 0 aromatic heterocycles. The fourth-order valence-electron chi connectivity index (χ4n) is 2.33. The van der Waals surface area contributed by atoms with E-state index < -0.39 is 17.9 Å². The van der Waals surface area contributed by atoms with Gasteiger partial charge >= 0.3 is 5.97 Å². The largest absolute Gasteiger partial charge is 0.490 e. The third-order valence-electron chi connectivity index (χ3n) is 3.62. The minimum Gasteiger partial charge on any atom is -0.490 e. The first-order chi connectivity index (χ1) is 12.5. The lowest BCUT2D eigenvalue weighted by molar-refractivity contribution is -0.139. The molecular formula is C19H20ClNO5.